The summed E-state index contributed by atoms with van der Waals surface area (Å²) in [6.45, 7) is 4.93. The normalized spacial score (nSPS) is 12.6. The van der Waals surface area contributed by atoms with Crippen molar-refractivity contribution in [3.05, 3.63) is 24.3 Å². The number of carbonyl (C=O) groups excluding carboxylic acids is 2. The number of rotatable bonds is 65. The Morgan fingerprint density at radius 2 is 0.618 bits per heavy atom. The lowest BCUT2D eigenvalue weighted by molar-refractivity contribution is -0.143. The molecule has 0 aromatic heterocycles. The molecule has 0 aliphatic heterocycles. The molecule has 0 heterocycles. The molecule has 2 atom stereocenters. The van der Waals surface area contributed by atoms with Crippen LogP contribution in [0, 0.1) is 0 Å². The lowest BCUT2D eigenvalue weighted by Crippen LogP contribution is -2.45. The van der Waals surface area contributed by atoms with E-state index in [-0.39, 0.29) is 18.5 Å². The van der Waals surface area contributed by atoms with Gasteiger partial charge in [0.05, 0.1) is 25.4 Å². The molecule has 6 nitrogen and oxygen atoms in total. The molecule has 0 radical (unpaired) electrons. The molecule has 0 aromatic carbocycles. The Balaban J connectivity index is 3.35. The van der Waals surface area contributed by atoms with E-state index in [0.29, 0.717) is 19.4 Å². The van der Waals surface area contributed by atoms with Crippen molar-refractivity contribution in [2.75, 3.05) is 13.2 Å². The average molecular weight is 1070 g/mol. The number of esters is 1. The van der Waals surface area contributed by atoms with Gasteiger partial charge in [-0.15, -0.1) is 0 Å². The van der Waals surface area contributed by atoms with Crippen molar-refractivity contribution >= 4 is 11.9 Å². The second kappa shape index (κ2) is 65.9. The highest BCUT2D eigenvalue weighted by Crippen LogP contribution is 2.18. The van der Waals surface area contributed by atoms with Gasteiger partial charge in [-0.3, -0.25) is 9.59 Å². The zero-order valence-corrected chi connectivity index (χ0v) is 51.5. The minimum absolute atomic E-state index is 0.0208. The quantitative estimate of drug-likeness (QED) is 0.0320. The first-order valence-corrected chi connectivity index (χ1v) is 34.6. The van der Waals surface area contributed by atoms with E-state index in [2.05, 4.69) is 31.3 Å². The lowest BCUT2D eigenvalue weighted by Gasteiger charge is -2.20. The van der Waals surface area contributed by atoms with Crippen molar-refractivity contribution < 1.29 is 24.5 Å². The number of amides is 1. The molecule has 0 aliphatic rings. The zero-order chi connectivity index (χ0) is 55.0. The summed E-state index contributed by atoms with van der Waals surface area (Å²) < 4.78 is 5.51. The van der Waals surface area contributed by atoms with Crippen LogP contribution in [0.25, 0.3) is 0 Å². The first kappa shape index (κ1) is 74.3. The monoisotopic (exact) mass is 1070 g/mol. The fourth-order valence-electron chi connectivity index (χ4n) is 10.9. The summed E-state index contributed by atoms with van der Waals surface area (Å²) in [6.07, 6.45) is 82.6. The molecule has 450 valence electrons. The van der Waals surface area contributed by atoms with Crippen molar-refractivity contribution in [2.24, 2.45) is 0 Å². The molecule has 3 N–H and O–H groups in total. The van der Waals surface area contributed by atoms with Gasteiger partial charge in [0.25, 0.3) is 0 Å². The largest absolute Gasteiger partial charge is 0.466 e. The molecule has 2 unspecified atom stereocenters. The Labute approximate surface area is 475 Å². The van der Waals surface area contributed by atoms with E-state index >= 15 is 0 Å². The number of aliphatic hydroxyl groups excluding tert-OH is 2. The Hall–Kier alpha value is -1.66. The number of hydrogen-bond acceptors (Lipinski definition) is 5. The van der Waals surface area contributed by atoms with Crippen molar-refractivity contribution in [2.45, 2.75) is 398 Å². The minimum atomic E-state index is -0.843. The second-order valence-corrected chi connectivity index (χ2v) is 23.9. The minimum Gasteiger partial charge on any atom is -0.466 e. The molecule has 0 aromatic rings. The second-order valence-electron chi connectivity index (χ2n) is 23.9. The van der Waals surface area contributed by atoms with E-state index in [4.69, 9.17) is 4.74 Å². The number of nitrogens with one attached hydrogen (secondary N) is 1. The molecule has 0 bridgehead atoms. The van der Waals surface area contributed by atoms with Gasteiger partial charge in [0.15, 0.2) is 0 Å². The first-order valence-electron chi connectivity index (χ1n) is 34.6. The fraction of sp³-hybridized carbons (Fsp3) is 0.914. The number of carbonyl (C=O) groups is 2. The Bertz CT molecular complexity index is 1190. The Morgan fingerprint density at radius 3 is 0.934 bits per heavy atom. The molecule has 0 saturated heterocycles. The molecule has 0 fully saturated rings. The molecular weight excluding hydrogens is 935 g/mol. The lowest BCUT2D eigenvalue weighted by atomic mass is 10.0. The van der Waals surface area contributed by atoms with Gasteiger partial charge in [-0.25, -0.2) is 0 Å². The summed E-state index contributed by atoms with van der Waals surface area (Å²) in [5, 5.41) is 23.1. The maximum Gasteiger partial charge on any atom is 0.305 e. The number of ether oxygens (including phenoxy) is 1. The standard InChI is InChI=1S/C70H135NO5/c1-3-5-7-9-11-13-15-17-18-19-30-34-37-40-44-48-52-56-60-64-70(75)76-65-61-57-53-49-45-41-38-35-32-29-27-25-23-21-20-22-24-26-28-31-33-36-39-43-47-51-55-59-63-69(74)71-67(66-72)68(73)62-58-54-50-46-42-16-14-12-10-8-6-4-2/h20-21,58,62,67-68,72-73H,3-19,22-57,59-61,63-66H2,1-2H3,(H,71,74)/b21-20-,62-58+. The zero-order valence-electron chi connectivity index (χ0n) is 51.5. The van der Waals surface area contributed by atoms with Crippen LogP contribution in [-0.4, -0.2) is 47.4 Å². The highest BCUT2D eigenvalue weighted by Gasteiger charge is 2.18. The van der Waals surface area contributed by atoms with Crippen LogP contribution in [0.15, 0.2) is 24.3 Å². The van der Waals surface area contributed by atoms with Crippen LogP contribution in [-0.2, 0) is 14.3 Å². The summed E-state index contributed by atoms with van der Waals surface area (Å²) in [5.41, 5.74) is 0. The van der Waals surface area contributed by atoms with Crippen LogP contribution >= 0.6 is 0 Å². The van der Waals surface area contributed by atoms with Crippen LogP contribution in [0.3, 0.4) is 0 Å². The third kappa shape index (κ3) is 61.6. The van der Waals surface area contributed by atoms with Crippen LogP contribution in [0.1, 0.15) is 386 Å². The van der Waals surface area contributed by atoms with Gasteiger partial charge >= 0.3 is 5.97 Å². The number of aliphatic hydroxyl groups is 2. The van der Waals surface area contributed by atoms with E-state index in [1.54, 1.807) is 6.08 Å². The summed E-state index contributed by atoms with van der Waals surface area (Å²) in [4.78, 5) is 24.6. The van der Waals surface area contributed by atoms with Gasteiger partial charge in [0.1, 0.15) is 0 Å². The van der Waals surface area contributed by atoms with E-state index in [1.165, 1.54) is 321 Å². The molecule has 0 aliphatic carbocycles. The van der Waals surface area contributed by atoms with Crippen LogP contribution in [0.5, 0.6) is 0 Å². The highest BCUT2D eigenvalue weighted by atomic mass is 16.5. The Kier molecular flexibility index (Phi) is 64.4. The van der Waals surface area contributed by atoms with Crippen molar-refractivity contribution in [3.63, 3.8) is 0 Å². The molecule has 76 heavy (non-hydrogen) atoms. The van der Waals surface area contributed by atoms with Gasteiger partial charge < -0.3 is 20.3 Å². The molecule has 0 spiro atoms. The Morgan fingerprint density at radius 1 is 0.355 bits per heavy atom. The molecular formula is C70H135NO5. The topological polar surface area (TPSA) is 95.9 Å². The van der Waals surface area contributed by atoms with E-state index in [9.17, 15) is 19.8 Å². The summed E-state index contributed by atoms with van der Waals surface area (Å²) in [5.74, 6) is -0.0463. The van der Waals surface area contributed by atoms with Gasteiger partial charge in [-0.05, 0) is 57.8 Å². The van der Waals surface area contributed by atoms with Gasteiger partial charge in [0.2, 0.25) is 5.91 Å². The molecule has 6 heteroatoms. The summed E-state index contributed by atoms with van der Waals surface area (Å²) >= 11 is 0. The van der Waals surface area contributed by atoms with E-state index in [0.717, 1.165) is 38.5 Å². The third-order valence-corrected chi connectivity index (χ3v) is 16.2. The molecule has 1 amide bonds. The van der Waals surface area contributed by atoms with Crippen molar-refractivity contribution in [1.82, 2.24) is 5.32 Å². The first-order chi connectivity index (χ1) is 37.5. The van der Waals surface area contributed by atoms with Crippen LogP contribution < -0.4 is 5.32 Å². The van der Waals surface area contributed by atoms with Crippen LogP contribution in [0.4, 0.5) is 0 Å². The van der Waals surface area contributed by atoms with Crippen molar-refractivity contribution in [1.29, 1.82) is 0 Å². The number of hydrogen-bond donors (Lipinski definition) is 3. The fourth-order valence-corrected chi connectivity index (χ4v) is 10.9. The SMILES string of the molecule is CCCCCCCCCCCC/C=C/C(O)C(CO)NC(=O)CCCCCCCCCCCCCC/C=C\CCCCCCCCCCCCCCOC(=O)CCCCCCCCCCCCCCCCCCCCC. The molecule has 0 rings (SSSR count). The molecule has 0 saturated carbocycles. The smallest absolute Gasteiger partial charge is 0.305 e. The predicted octanol–water partition coefficient (Wildman–Crippen LogP) is 22.1. The van der Waals surface area contributed by atoms with Gasteiger partial charge in [-0.1, -0.05) is 340 Å². The van der Waals surface area contributed by atoms with Crippen LogP contribution in [0.2, 0.25) is 0 Å². The van der Waals surface area contributed by atoms with E-state index in [1.807, 2.05) is 6.08 Å². The van der Waals surface area contributed by atoms with E-state index < -0.39 is 12.1 Å². The van der Waals surface area contributed by atoms with Gasteiger partial charge in [-0.2, -0.15) is 0 Å². The maximum atomic E-state index is 12.4. The third-order valence-electron chi connectivity index (χ3n) is 16.2. The summed E-state index contributed by atoms with van der Waals surface area (Å²) in [6, 6.07) is -0.626. The van der Waals surface area contributed by atoms with Gasteiger partial charge in [0, 0.05) is 12.8 Å². The van der Waals surface area contributed by atoms with Crippen molar-refractivity contribution in [3.8, 4) is 0 Å². The maximum absolute atomic E-state index is 12.4. The highest BCUT2D eigenvalue weighted by molar-refractivity contribution is 5.76. The summed E-state index contributed by atoms with van der Waals surface area (Å²) in [7, 11) is 0. The number of allylic oxidation sites excluding steroid dienone is 3. The predicted molar refractivity (Wildman–Crippen MR) is 333 cm³/mol. The average Bonchev–Trinajstić information content (AvgIpc) is 3.42. The number of unbranched alkanes of at least 4 members (excludes halogenated alkanes) is 52.